The molecule has 0 atom stereocenters. The molecule has 3 aromatic carbocycles. The second kappa shape index (κ2) is 14.9. The van der Waals surface area contributed by atoms with Crippen LogP contribution in [0.5, 0.6) is 34.5 Å². The lowest BCUT2D eigenvalue weighted by Gasteiger charge is -2.37. The molecule has 0 spiro atoms. The van der Waals surface area contributed by atoms with Crippen molar-refractivity contribution in [3.8, 4) is 34.5 Å². The molecular formula is C33H44BrNO7Si. The van der Waals surface area contributed by atoms with E-state index in [1.54, 1.807) is 28.4 Å². The van der Waals surface area contributed by atoms with E-state index in [-0.39, 0.29) is 17.4 Å². The van der Waals surface area contributed by atoms with Gasteiger partial charge in [-0.05, 0) is 87.5 Å². The number of ether oxygens (including phenoxy) is 5. The van der Waals surface area contributed by atoms with Gasteiger partial charge in [0.05, 0.1) is 39.3 Å². The Kier molecular flexibility index (Phi) is 11.8. The standard InChI is InChI=1S/C33H44BrNO7Si/c1-33(2,3)43(8,9)42-31-27(39-6)18-23(19-28(31)40-7)16-17-35-29(36)20-24-12-15-26(38-5)32(30(24)34)41-21-22-10-13-25(37-4)14-11-22/h10-15,18-19H,16-17,20-21H2,1-9H3,(H,35,36). The largest absolute Gasteiger partial charge is 0.539 e. The molecule has 0 fully saturated rings. The van der Waals surface area contributed by atoms with Crippen LogP contribution in [-0.4, -0.2) is 49.2 Å². The van der Waals surface area contributed by atoms with Crippen LogP contribution >= 0.6 is 15.9 Å². The maximum atomic E-state index is 12.9. The molecule has 0 saturated heterocycles. The first-order valence-electron chi connectivity index (χ1n) is 14.1. The van der Waals surface area contributed by atoms with Gasteiger partial charge in [0, 0.05) is 6.54 Å². The number of nitrogens with one attached hydrogen (secondary N) is 1. The van der Waals surface area contributed by atoms with Crippen molar-refractivity contribution in [3.05, 3.63) is 69.7 Å². The summed E-state index contributed by atoms with van der Waals surface area (Å²) in [6.45, 7) is 11.7. The van der Waals surface area contributed by atoms with Crippen LogP contribution in [0.3, 0.4) is 0 Å². The number of carbonyl (C=O) groups is 1. The molecule has 8 nitrogen and oxygen atoms in total. The van der Waals surface area contributed by atoms with Crippen LogP contribution < -0.4 is 33.4 Å². The summed E-state index contributed by atoms with van der Waals surface area (Å²) in [5.41, 5.74) is 2.74. The minimum atomic E-state index is -2.12. The van der Waals surface area contributed by atoms with Crippen molar-refractivity contribution < 1.29 is 32.9 Å². The number of rotatable bonds is 14. The van der Waals surface area contributed by atoms with Crippen LogP contribution in [0.2, 0.25) is 18.1 Å². The lowest BCUT2D eigenvalue weighted by atomic mass is 10.1. The summed E-state index contributed by atoms with van der Waals surface area (Å²) >= 11 is 3.63. The van der Waals surface area contributed by atoms with Gasteiger partial charge < -0.3 is 33.4 Å². The van der Waals surface area contributed by atoms with Crippen LogP contribution in [-0.2, 0) is 24.2 Å². The average molecular weight is 675 g/mol. The highest BCUT2D eigenvalue weighted by Crippen LogP contribution is 2.45. The zero-order valence-corrected chi connectivity index (χ0v) is 29.3. The fourth-order valence-corrected chi connectivity index (χ4v) is 5.66. The molecule has 43 heavy (non-hydrogen) atoms. The van der Waals surface area contributed by atoms with Crippen molar-refractivity contribution in [1.82, 2.24) is 5.32 Å². The number of halogens is 1. The van der Waals surface area contributed by atoms with E-state index in [4.69, 9.17) is 28.1 Å². The Morgan fingerprint density at radius 3 is 1.95 bits per heavy atom. The third kappa shape index (κ3) is 8.83. The molecule has 0 bridgehead atoms. The lowest BCUT2D eigenvalue weighted by molar-refractivity contribution is -0.120. The lowest BCUT2D eigenvalue weighted by Crippen LogP contribution is -2.44. The second-order valence-electron chi connectivity index (χ2n) is 11.7. The van der Waals surface area contributed by atoms with Crippen LogP contribution in [0.15, 0.2) is 53.0 Å². The van der Waals surface area contributed by atoms with Gasteiger partial charge in [-0.3, -0.25) is 4.79 Å². The molecule has 0 unspecified atom stereocenters. The Balaban J connectivity index is 1.66. The molecule has 10 heteroatoms. The minimum Gasteiger partial charge on any atom is -0.539 e. The molecule has 1 amide bonds. The van der Waals surface area contributed by atoms with Crippen molar-refractivity contribution in [3.63, 3.8) is 0 Å². The van der Waals surface area contributed by atoms with E-state index >= 15 is 0 Å². The minimum absolute atomic E-state index is 0.0221. The van der Waals surface area contributed by atoms with Crippen molar-refractivity contribution in [1.29, 1.82) is 0 Å². The summed E-state index contributed by atoms with van der Waals surface area (Å²) in [6, 6.07) is 15.2. The van der Waals surface area contributed by atoms with Gasteiger partial charge in [-0.25, -0.2) is 0 Å². The zero-order valence-electron chi connectivity index (χ0n) is 26.7. The summed E-state index contributed by atoms with van der Waals surface area (Å²) in [6.07, 6.45) is 0.772. The predicted octanol–water partition coefficient (Wildman–Crippen LogP) is 7.35. The highest BCUT2D eigenvalue weighted by Gasteiger charge is 2.40. The molecule has 0 aliphatic heterocycles. The second-order valence-corrected chi connectivity index (χ2v) is 17.2. The molecule has 0 aliphatic rings. The third-order valence-corrected chi connectivity index (χ3v) is 12.9. The Hall–Kier alpha value is -3.37. The number of carbonyl (C=O) groups excluding carboxylic acids is 1. The van der Waals surface area contributed by atoms with Crippen molar-refractivity contribution in [2.45, 2.75) is 58.4 Å². The summed E-state index contributed by atoms with van der Waals surface area (Å²) in [4.78, 5) is 12.9. The van der Waals surface area contributed by atoms with Gasteiger partial charge in [-0.15, -0.1) is 0 Å². The number of amides is 1. The van der Waals surface area contributed by atoms with E-state index in [1.807, 2.05) is 48.5 Å². The van der Waals surface area contributed by atoms with Crippen LogP contribution in [0, 0.1) is 0 Å². The molecule has 1 N–H and O–H groups in total. The first-order valence-corrected chi connectivity index (χ1v) is 17.8. The first kappa shape index (κ1) is 34.1. The van der Waals surface area contributed by atoms with Crippen molar-refractivity contribution in [2.75, 3.05) is 35.0 Å². The highest BCUT2D eigenvalue weighted by atomic mass is 79.9. The molecule has 3 aromatic rings. The monoisotopic (exact) mass is 673 g/mol. The maximum Gasteiger partial charge on any atom is 0.250 e. The topological polar surface area (TPSA) is 84.5 Å². The van der Waals surface area contributed by atoms with Gasteiger partial charge in [0.1, 0.15) is 12.4 Å². The zero-order chi connectivity index (χ0) is 31.8. The van der Waals surface area contributed by atoms with E-state index in [0.717, 1.165) is 22.4 Å². The smallest absolute Gasteiger partial charge is 0.250 e. The third-order valence-electron chi connectivity index (χ3n) is 7.67. The van der Waals surface area contributed by atoms with Gasteiger partial charge in [0.15, 0.2) is 28.7 Å². The number of hydrogen-bond acceptors (Lipinski definition) is 7. The van der Waals surface area contributed by atoms with Gasteiger partial charge >= 0.3 is 0 Å². The van der Waals surface area contributed by atoms with Crippen LogP contribution in [0.1, 0.15) is 37.5 Å². The first-order chi connectivity index (χ1) is 20.3. The van der Waals surface area contributed by atoms with Crippen LogP contribution in [0.25, 0.3) is 0 Å². The van der Waals surface area contributed by atoms with E-state index in [2.05, 4.69) is 55.1 Å². The van der Waals surface area contributed by atoms with Crippen molar-refractivity contribution in [2.24, 2.45) is 0 Å². The molecule has 0 aliphatic carbocycles. The molecule has 0 aromatic heterocycles. The fourth-order valence-electron chi connectivity index (χ4n) is 4.06. The van der Waals surface area contributed by atoms with Crippen LogP contribution in [0.4, 0.5) is 0 Å². The summed E-state index contributed by atoms with van der Waals surface area (Å²) in [7, 11) is 4.35. The Labute approximate surface area is 265 Å². The van der Waals surface area contributed by atoms with Gasteiger partial charge in [0.25, 0.3) is 8.32 Å². The molecular weight excluding hydrogens is 630 g/mol. The highest BCUT2D eigenvalue weighted by molar-refractivity contribution is 9.10. The Bertz CT molecular complexity index is 1360. The summed E-state index contributed by atoms with van der Waals surface area (Å²) < 4.78 is 35.5. The number of benzene rings is 3. The predicted molar refractivity (Wildman–Crippen MR) is 176 cm³/mol. The Morgan fingerprint density at radius 1 is 0.814 bits per heavy atom. The average Bonchev–Trinajstić information content (AvgIpc) is 2.97. The summed E-state index contributed by atoms with van der Waals surface area (Å²) in [5, 5.41) is 3.04. The van der Waals surface area contributed by atoms with Crippen molar-refractivity contribution >= 4 is 30.2 Å². The van der Waals surface area contributed by atoms with E-state index in [9.17, 15) is 4.79 Å². The van der Waals surface area contributed by atoms with E-state index in [1.165, 1.54) is 0 Å². The van der Waals surface area contributed by atoms with Gasteiger partial charge in [-0.2, -0.15) is 0 Å². The maximum absolute atomic E-state index is 12.9. The van der Waals surface area contributed by atoms with Gasteiger partial charge in [-0.1, -0.05) is 39.0 Å². The number of hydrogen-bond donors (Lipinski definition) is 1. The molecule has 234 valence electrons. The fraction of sp³-hybridized carbons (Fsp3) is 0.424. The summed E-state index contributed by atoms with van der Waals surface area (Å²) in [5.74, 6) is 3.66. The molecule has 0 radical (unpaired) electrons. The van der Waals surface area contributed by atoms with E-state index in [0.29, 0.717) is 52.8 Å². The molecule has 3 rings (SSSR count). The molecule has 0 heterocycles. The number of methoxy groups -OCH3 is 4. The van der Waals surface area contributed by atoms with E-state index < -0.39 is 8.32 Å². The van der Waals surface area contributed by atoms with Gasteiger partial charge in [0.2, 0.25) is 5.91 Å². The quantitative estimate of drug-likeness (QED) is 0.179. The Morgan fingerprint density at radius 2 is 1.42 bits per heavy atom. The normalized spacial score (nSPS) is 11.5. The molecule has 0 saturated carbocycles. The SMILES string of the molecule is COc1ccc(COc2c(OC)ccc(CC(=O)NCCc3cc(OC)c(O[Si](C)(C)C(C)(C)C)c(OC)c3)c2Br)cc1.